The van der Waals surface area contributed by atoms with Crippen LogP contribution in [0, 0.1) is 11.8 Å². The van der Waals surface area contributed by atoms with Crippen molar-refractivity contribution in [2.45, 2.75) is 32.1 Å². The quantitative estimate of drug-likeness (QED) is 0.845. The van der Waals surface area contributed by atoms with E-state index < -0.39 is 0 Å². The number of aromatic nitrogens is 1. The van der Waals surface area contributed by atoms with Gasteiger partial charge in [-0.1, -0.05) is 12.8 Å². The standard InChI is InChI=1S/C14H21N3O/c15-8-10-3-1-2-4-12(10)14(18)7-11-9-17-6-5-13(11)16/h5-6,9-10,12H,1-4,7-8,15H2,(H2,16,17). The van der Waals surface area contributed by atoms with Crippen molar-refractivity contribution in [2.24, 2.45) is 17.6 Å². The Labute approximate surface area is 108 Å². The van der Waals surface area contributed by atoms with Crippen molar-refractivity contribution in [3.63, 3.8) is 0 Å². The fourth-order valence-electron chi connectivity index (χ4n) is 2.82. The first-order valence-corrected chi connectivity index (χ1v) is 6.63. The first kappa shape index (κ1) is 13.0. The Hall–Kier alpha value is -1.42. The lowest BCUT2D eigenvalue weighted by Crippen LogP contribution is -2.33. The van der Waals surface area contributed by atoms with Gasteiger partial charge in [-0.25, -0.2) is 0 Å². The van der Waals surface area contributed by atoms with Crippen LogP contribution in [0.25, 0.3) is 0 Å². The third-order valence-electron chi connectivity index (χ3n) is 3.93. The van der Waals surface area contributed by atoms with Gasteiger partial charge in [0.05, 0.1) is 0 Å². The highest BCUT2D eigenvalue weighted by atomic mass is 16.1. The van der Waals surface area contributed by atoms with Gasteiger partial charge in [-0.2, -0.15) is 0 Å². The monoisotopic (exact) mass is 247 g/mol. The van der Waals surface area contributed by atoms with Gasteiger partial charge in [0.1, 0.15) is 5.78 Å². The van der Waals surface area contributed by atoms with Crippen LogP contribution in [-0.2, 0) is 11.2 Å². The van der Waals surface area contributed by atoms with Gasteiger partial charge in [0.25, 0.3) is 0 Å². The molecule has 0 spiro atoms. The van der Waals surface area contributed by atoms with E-state index in [0.29, 0.717) is 24.6 Å². The number of pyridine rings is 1. The SMILES string of the molecule is NCC1CCCCC1C(=O)Cc1cnccc1N. The highest BCUT2D eigenvalue weighted by molar-refractivity contribution is 5.84. The zero-order chi connectivity index (χ0) is 13.0. The summed E-state index contributed by atoms with van der Waals surface area (Å²) in [5, 5.41) is 0. The Kier molecular flexibility index (Phi) is 4.31. The maximum absolute atomic E-state index is 12.4. The lowest BCUT2D eigenvalue weighted by atomic mass is 9.76. The van der Waals surface area contributed by atoms with Gasteiger partial charge in [-0.3, -0.25) is 9.78 Å². The highest BCUT2D eigenvalue weighted by Crippen LogP contribution is 2.31. The van der Waals surface area contributed by atoms with Crippen LogP contribution in [0.2, 0.25) is 0 Å². The minimum absolute atomic E-state index is 0.114. The topological polar surface area (TPSA) is 82.0 Å². The van der Waals surface area contributed by atoms with Crippen LogP contribution in [0.15, 0.2) is 18.5 Å². The molecule has 1 aliphatic rings. The maximum atomic E-state index is 12.4. The Bertz CT molecular complexity index is 419. The third-order valence-corrected chi connectivity index (χ3v) is 3.93. The van der Waals surface area contributed by atoms with Crippen molar-refractivity contribution < 1.29 is 4.79 Å². The molecule has 1 aromatic heterocycles. The molecule has 1 heterocycles. The number of ketones is 1. The van der Waals surface area contributed by atoms with Crippen molar-refractivity contribution in [1.82, 2.24) is 4.98 Å². The zero-order valence-electron chi connectivity index (χ0n) is 10.6. The van der Waals surface area contributed by atoms with Gasteiger partial charge in [0.2, 0.25) is 0 Å². The molecule has 18 heavy (non-hydrogen) atoms. The van der Waals surface area contributed by atoms with Crippen LogP contribution in [0.1, 0.15) is 31.2 Å². The molecule has 0 amide bonds. The number of hydrogen-bond donors (Lipinski definition) is 2. The largest absolute Gasteiger partial charge is 0.398 e. The van der Waals surface area contributed by atoms with E-state index in [1.165, 1.54) is 6.42 Å². The molecule has 4 nitrogen and oxygen atoms in total. The van der Waals surface area contributed by atoms with E-state index in [1.807, 2.05) is 0 Å². The fraction of sp³-hybridized carbons (Fsp3) is 0.571. The van der Waals surface area contributed by atoms with Crippen molar-refractivity contribution in [3.05, 3.63) is 24.0 Å². The Morgan fingerprint density at radius 1 is 1.39 bits per heavy atom. The predicted molar refractivity (Wildman–Crippen MR) is 71.9 cm³/mol. The van der Waals surface area contributed by atoms with Gasteiger partial charge < -0.3 is 11.5 Å². The third kappa shape index (κ3) is 2.88. The number of rotatable bonds is 4. The zero-order valence-corrected chi connectivity index (χ0v) is 10.6. The highest BCUT2D eigenvalue weighted by Gasteiger charge is 2.29. The molecule has 1 fully saturated rings. The molecular formula is C14H21N3O. The van der Waals surface area contributed by atoms with Crippen LogP contribution in [0.4, 0.5) is 5.69 Å². The molecule has 4 heteroatoms. The van der Waals surface area contributed by atoms with Crippen LogP contribution in [0.5, 0.6) is 0 Å². The Morgan fingerprint density at radius 2 is 2.17 bits per heavy atom. The second kappa shape index (κ2) is 5.96. The number of carbonyl (C=O) groups is 1. The number of nitrogen functional groups attached to an aromatic ring is 1. The lowest BCUT2D eigenvalue weighted by Gasteiger charge is -2.29. The van der Waals surface area contributed by atoms with E-state index in [2.05, 4.69) is 4.98 Å². The van der Waals surface area contributed by atoms with Gasteiger partial charge in [0.15, 0.2) is 0 Å². The van der Waals surface area contributed by atoms with Crippen LogP contribution in [-0.4, -0.2) is 17.3 Å². The predicted octanol–water partition coefficient (Wildman–Crippen LogP) is 1.54. The molecule has 0 aromatic carbocycles. The molecule has 0 radical (unpaired) electrons. The maximum Gasteiger partial charge on any atom is 0.140 e. The van der Waals surface area contributed by atoms with E-state index in [1.54, 1.807) is 18.5 Å². The summed E-state index contributed by atoms with van der Waals surface area (Å²) in [4.78, 5) is 16.4. The fourth-order valence-corrected chi connectivity index (χ4v) is 2.82. The van der Waals surface area contributed by atoms with E-state index in [9.17, 15) is 4.79 Å². The van der Waals surface area contributed by atoms with Crippen molar-refractivity contribution in [3.8, 4) is 0 Å². The van der Waals surface area contributed by atoms with Crippen molar-refractivity contribution in [1.29, 1.82) is 0 Å². The normalized spacial score (nSPS) is 23.8. The molecule has 2 rings (SSSR count). The number of nitrogens with zero attached hydrogens (tertiary/aromatic N) is 1. The Morgan fingerprint density at radius 3 is 2.89 bits per heavy atom. The number of Topliss-reactive ketones (excluding diaryl/α,β-unsaturated/α-hetero) is 1. The summed E-state index contributed by atoms with van der Waals surface area (Å²) in [6.07, 6.45) is 8.10. The Balaban J connectivity index is 2.05. The molecule has 1 aliphatic carbocycles. The lowest BCUT2D eigenvalue weighted by molar-refractivity contribution is -0.124. The molecule has 1 aromatic rings. The van der Waals surface area contributed by atoms with Crippen LogP contribution in [0.3, 0.4) is 0 Å². The van der Waals surface area contributed by atoms with Gasteiger partial charge in [0, 0.05) is 36.0 Å². The number of hydrogen-bond acceptors (Lipinski definition) is 4. The first-order valence-electron chi connectivity index (χ1n) is 6.63. The molecule has 0 saturated heterocycles. The summed E-state index contributed by atoms with van der Waals surface area (Å²) in [6, 6.07) is 1.74. The van der Waals surface area contributed by atoms with E-state index in [0.717, 1.165) is 24.8 Å². The van der Waals surface area contributed by atoms with Crippen molar-refractivity contribution >= 4 is 11.5 Å². The average Bonchev–Trinajstić information content (AvgIpc) is 2.41. The van der Waals surface area contributed by atoms with E-state index in [4.69, 9.17) is 11.5 Å². The summed E-state index contributed by atoms with van der Waals surface area (Å²) in [6.45, 7) is 0.610. The smallest absolute Gasteiger partial charge is 0.140 e. The second-order valence-corrected chi connectivity index (χ2v) is 5.10. The summed E-state index contributed by atoms with van der Waals surface area (Å²) >= 11 is 0. The number of carbonyl (C=O) groups excluding carboxylic acids is 1. The second-order valence-electron chi connectivity index (χ2n) is 5.10. The van der Waals surface area contributed by atoms with Crippen molar-refractivity contribution in [2.75, 3.05) is 12.3 Å². The van der Waals surface area contributed by atoms with E-state index in [-0.39, 0.29) is 11.7 Å². The minimum atomic E-state index is 0.114. The average molecular weight is 247 g/mol. The summed E-state index contributed by atoms with van der Waals surface area (Å²) in [7, 11) is 0. The number of nitrogens with two attached hydrogens (primary N) is 2. The first-order chi connectivity index (χ1) is 8.72. The van der Waals surface area contributed by atoms with Crippen LogP contribution >= 0.6 is 0 Å². The number of anilines is 1. The summed E-state index contributed by atoms with van der Waals surface area (Å²) in [5.41, 5.74) is 13.1. The van der Waals surface area contributed by atoms with Gasteiger partial charge >= 0.3 is 0 Å². The molecule has 0 bridgehead atoms. The molecule has 2 atom stereocenters. The molecule has 98 valence electrons. The molecule has 1 saturated carbocycles. The van der Waals surface area contributed by atoms with Crippen LogP contribution < -0.4 is 11.5 Å². The molecular weight excluding hydrogens is 226 g/mol. The summed E-state index contributed by atoms with van der Waals surface area (Å²) in [5.74, 6) is 0.734. The molecule has 4 N–H and O–H groups in total. The molecule has 0 aliphatic heterocycles. The van der Waals surface area contributed by atoms with Gasteiger partial charge in [-0.15, -0.1) is 0 Å². The van der Waals surface area contributed by atoms with E-state index >= 15 is 0 Å². The summed E-state index contributed by atoms with van der Waals surface area (Å²) < 4.78 is 0. The van der Waals surface area contributed by atoms with Gasteiger partial charge in [-0.05, 0) is 31.4 Å². The molecule has 2 unspecified atom stereocenters. The minimum Gasteiger partial charge on any atom is -0.398 e.